The highest BCUT2D eigenvalue weighted by Gasteiger charge is 2.15. The minimum atomic E-state index is 1.11. The van der Waals surface area contributed by atoms with Gasteiger partial charge in [0.25, 0.3) is 5.82 Å². The van der Waals surface area contributed by atoms with Crippen LogP contribution in [0.1, 0.15) is 168 Å². The first-order chi connectivity index (χ1) is 16.3. The molecule has 0 amide bonds. The summed E-state index contributed by atoms with van der Waals surface area (Å²) in [6.45, 7) is 9.22. The second-order valence-corrected chi connectivity index (χ2v) is 10.5. The van der Waals surface area contributed by atoms with E-state index in [-0.39, 0.29) is 0 Å². The molecule has 0 N–H and O–H groups in total. The molecular weight excluding hydrogens is 400 g/mol. The van der Waals surface area contributed by atoms with Crippen molar-refractivity contribution in [2.45, 2.75) is 182 Å². The van der Waals surface area contributed by atoms with E-state index in [1.165, 1.54) is 154 Å². The van der Waals surface area contributed by atoms with Crippen LogP contribution in [0.2, 0.25) is 0 Å². The molecule has 33 heavy (non-hydrogen) atoms. The molecule has 0 radical (unpaired) electrons. The van der Waals surface area contributed by atoms with Gasteiger partial charge in [-0.1, -0.05) is 136 Å². The summed E-state index contributed by atoms with van der Waals surface area (Å²) in [6.07, 6.45) is 37.4. The predicted molar refractivity (Wildman–Crippen MR) is 147 cm³/mol. The second-order valence-electron chi connectivity index (χ2n) is 10.5. The zero-order chi connectivity index (χ0) is 23.8. The van der Waals surface area contributed by atoms with Gasteiger partial charge in [0.1, 0.15) is 12.4 Å². The summed E-state index contributed by atoms with van der Waals surface area (Å²) >= 11 is 0. The van der Waals surface area contributed by atoms with Gasteiger partial charge in [-0.25, -0.2) is 9.13 Å². The molecule has 0 fully saturated rings. The maximum Gasteiger partial charge on any atom is 0.256 e. The third-order valence-electron chi connectivity index (χ3n) is 7.44. The van der Waals surface area contributed by atoms with Gasteiger partial charge in [-0.3, -0.25) is 0 Å². The average Bonchev–Trinajstić information content (AvgIpc) is 3.22. The molecule has 0 unspecified atom stereocenters. The van der Waals surface area contributed by atoms with E-state index in [0.29, 0.717) is 0 Å². The fraction of sp³-hybridized carbons (Fsp3) is 0.903. The quantitative estimate of drug-likeness (QED) is 0.101. The highest BCUT2D eigenvalue weighted by molar-refractivity contribution is 4.84. The fourth-order valence-corrected chi connectivity index (χ4v) is 5.17. The van der Waals surface area contributed by atoms with Crippen LogP contribution in [0.3, 0.4) is 0 Å². The van der Waals surface area contributed by atoms with Crippen molar-refractivity contribution in [3.8, 4) is 0 Å². The summed E-state index contributed by atoms with van der Waals surface area (Å²) in [6, 6.07) is 0. The minimum Gasteiger partial charge on any atom is -0.235 e. The lowest BCUT2D eigenvalue weighted by atomic mass is 10.0. The standard InChI is InChI=1S/C31H61N2/c1-4-7-9-11-13-14-15-16-17-18-19-20-21-23-25-27-31-32(6-3)29-30-33(31)28-26-24-22-12-10-8-5-2/h29-30H,4-28H2,1-3H3/q+1. The molecule has 2 nitrogen and oxygen atoms in total. The molecular formula is C31H61N2+. The Labute approximate surface area is 208 Å². The molecule has 194 valence electrons. The Kier molecular flexibility index (Phi) is 21.1. The Morgan fingerprint density at radius 3 is 1.33 bits per heavy atom. The SMILES string of the molecule is CCCCCCCCCCCCCCCCCc1n(CCCCCCCCC)cc[n+]1CC. The van der Waals surface area contributed by atoms with Gasteiger partial charge in [0.05, 0.1) is 13.1 Å². The van der Waals surface area contributed by atoms with Crippen molar-refractivity contribution >= 4 is 0 Å². The summed E-state index contributed by atoms with van der Waals surface area (Å²) < 4.78 is 5.03. The summed E-state index contributed by atoms with van der Waals surface area (Å²) in [5.41, 5.74) is 0. The lowest BCUT2D eigenvalue weighted by Crippen LogP contribution is -2.36. The van der Waals surface area contributed by atoms with Gasteiger partial charge in [0.15, 0.2) is 0 Å². The molecule has 0 aromatic carbocycles. The Bertz CT molecular complexity index is 519. The van der Waals surface area contributed by atoms with Crippen molar-refractivity contribution in [3.05, 3.63) is 18.2 Å². The molecule has 0 aliphatic carbocycles. The van der Waals surface area contributed by atoms with E-state index in [9.17, 15) is 0 Å². The minimum absolute atomic E-state index is 1.11. The van der Waals surface area contributed by atoms with Crippen LogP contribution in [-0.4, -0.2) is 4.57 Å². The fourth-order valence-electron chi connectivity index (χ4n) is 5.17. The number of unbranched alkanes of at least 4 members (excludes halogenated alkanes) is 20. The molecule has 1 aromatic heterocycles. The van der Waals surface area contributed by atoms with E-state index in [4.69, 9.17) is 0 Å². The molecule has 0 bridgehead atoms. The van der Waals surface area contributed by atoms with E-state index < -0.39 is 0 Å². The monoisotopic (exact) mass is 461 g/mol. The summed E-state index contributed by atoms with van der Waals surface area (Å²) in [7, 11) is 0. The van der Waals surface area contributed by atoms with Crippen molar-refractivity contribution in [1.29, 1.82) is 0 Å². The largest absolute Gasteiger partial charge is 0.256 e. The Morgan fingerprint density at radius 1 is 0.515 bits per heavy atom. The predicted octanol–water partition coefficient (Wildman–Crippen LogP) is 9.96. The van der Waals surface area contributed by atoms with Crippen LogP contribution in [0, 0.1) is 0 Å². The number of hydrogen-bond donors (Lipinski definition) is 0. The first-order valence-electron chi connectivity index (χ1n) is 15.4. The normalized spacial score (nSPS) is 11.5. The molecule has 0 spiro atoms. The van der Waals surface area contributed by atoms with Crippen LogP contribution >= 0.6 is 0 Å². The number of aromatic nitrogens is 2. The van der Waals surface area contributed by atoms with Crippen molar-refractivity contribution < 1.29 is 4.57 Å². The van der Waals surface area contributed by atoms with E-state index in [0.717, 1.165) is 6.54 Å². The molecule has 0 atom stereocenters. The topological polar surface area (TPSA) is 8.81 Å². The van der Waals surface area contributed by atoms with Gasteiger partial charge in [-0.05, 0) is 26.2 Å². The Hall–Kier alpha value is -0.790. The molecule has 1 rings (SSSR count). The van der Waals surface area contributed by atoms with Crippen LogP contribution in [0.25, 0.3) is 0 Å². The van der Waals surface area contributed by atoms with E-state index >= 15 is 0 Å². The van der Waals surface area contributed by atoms with Gasteiger partial charge in [-0.2, -0.15) is 0 Å². The first kappa shape index (κ1) is 30.2. The Morgan fingerprint density at radius 2 is 0.909 bits per heavy atom. The molecule has 0 aliphatic rings. The van der Waals surface area contributed by atoms with Crippen LogP contribution in [0.5, 0.6) is 0 Å². The van der Waals surface area contributed by atoms with Crippen LogP contribution in [-0.2, 0) is 19.5 Å². The van der Waals surface area contributed by atoms with Gasteiger partial charge in [0.2, 0.25) is 0 Å². The summed E-state index contributed by atoms with van der Waals surface area (Å²) in [4.78, 5) is 0. The number of hydrogen-bond acceptors (Lipinski definition) is 0. The number of aryl methyl sites for hydroxylation is 2. The van der Waals surface area contributed by atoms with Gasteiger partial charge in [-0.15, -0.1) is 0 Å². The van der Waals surface area contributed by atoms with Gasteiger partial charge >= 0.3 is 0 Å². The van der Waals surface area contributed by atoms with Crippen molar-refractivity contribution in [2.24, 2.45) is 0 Å². The first-order valence-corrected chi connectivity index (χ1v) is 15.4. The van der Waals surface area contributed by atoms with E-state index in [2.05, 4.69) is 42.3 Å². The summed E-state index contributed by atoms with van der Waals surface area (Å²) in [5.74, 6) is 1.57. The summed E-state index contributed by atoms with van der Waals surface area (Å²) in [5, 5.41) is 0. The van der Waals surface area contributed by atoms with Crippen LogP contribution in [0.15, 0.2) is 12.4 Å². The van der Waals surface area contributed by atoms with Crippen molar-refractivity contribution in [3.63, 3.8) is 0 Å². The number of imidazole rings is 1. The van der Waals surface area contributed by atoms with Crippen LogP contribution < -0.4 is 4.57 Å². The molecule has 1 aromatic rings. The smallest absolute Gasteiger partial charge is 0.235 e. The van der Waals surface area contributed by atoms with Crippen molar-refractivity contribution in [1.82, 2.24) is 4.57 Å². The number of rotatable bonds is 25. The maximum atomic E-state index is 2.55. The van der Waals surface area contributed by atoms with E-state index in [1.807, 2.05) is 0 Å². The second kappa shape index (κ2) is 23.0. The van der Waals surface area contributed by atoms with Crippen molar-refractivity contribution in [2.75, 3.05) is 0 Å². The zero-order valence-corrected chi connectivity index (χ0v) is 23.2. The third-order valence-corrected chi connectivity index (χ3v) is 7.44. The zero-order valence-electron chi connectivity index (χ0n) is 23.2. The Balaban J connectivity index is 2.01. The molecule has 1 heterocycles. The maximum absolute atomic E-state index is 2.55. The molecule has 0 saturated carbocycles. The lowest BCUT2D eigenvalue weighted by molar-refractivity contribution is -0.700. The lowest BCUT2D eigenvalue weighted by Gasteiger charge is -2.06. The highest BCUT2D eigenvalue weighted by atomic mass is 15.1. The number of nitrogens with zero attached hydrogens (tertiary/aromatic N) is 2. The third kappa shape index (κ3) is 16.5. The average molecular weight is 462 g/mol. The molecule has 2 heteroatoms. The van der Waals surface area contributed by atoms with Crippen LogP contribution in [0.4, 0.5) is 0 Å². The van der Waals surface area contributed by atoms with Gasteiger partial charge in [0, 0.05) is 6.42 Å². The van der Waals surface area contributed by atoms with E-state index in [1.54, 1.807) is 5.82 Å². The molecule has 0 aliphatic heterocycles. The van der Waals surface area contributed by atoms with Gasteiger partial charge < -0.3 is 0 Å². The molecule has 0 saturated heterocycles. The highest BCUT2D eigenvalue weighted by Crippen LogP contribution is 2.14.